The van der Waals surface area contributed by atoms with Crippen LogP contribution in [0.1, 0.15) is 45.9 Å². The van der Waals surface area contributed by atoms with Crippen molar-refractivity contribution in [3.63, 3.8) is 0 Å². The van der Waals surface area contributed by atoms with E-state index in [-0.39, 0.29) is 11.5 Å². The lowest BCUT2D eigenvalue weighted by Crippen LogP contribution is -2.48. The van der Waals surface area contributed by atoms with Crippen molar-refractivity contribution in [1.29, 1.82) is 0 Å². The molecule has 0 amide bonds. The molecule has 1 aliphatic carbocycles. The number of aliphatic hydroxyl groups excluding tert-OH is 1. The number of rotatable bonds is 3. The average molecular weight is 352 g/mol. The molecule has 4 rings (SSSR count). The molecule has 0 saturated carbocycles. The molecule has 2 aliphatic rings. The Morgan fingerprint density at radius 2 is 1.77 bits per heavy atom. The van der Waals surface area contributed by atoms with Gasteiger partial charge in [0.2, 0.25) is 0 Å². The molecule has 2 aromatic carbocycles. The number of piperidine rings is 1. The van der Waals surface area contributed by atoms with Crippen molar-refractivity contribution in [1.82, 2.24) is 4.90 Å². The summed E-state index contributed by atoms with van der Waals surface area (Å²) >= 11 is 0. The van der Waals surface area contributed by atoms with E-state index in [1.54, 1.807) is 12.1 Å². The van der Waals surface area contributed by atoms with Crippen LogP contribution in [0.5, 0.6) is 0 Å². The summed E-state index contributed by atoms with van der Waals surface area (Å²) < 4.78 is 0. The van der Waals surface area contributed by atoms with E-state index >= 15 is 0 Å². The third-order valence-electron chi connectivity index (χ3n) is 6.12. The first kappa shape index (κ1) is 17.2. The Balaban J connectivity index is 1.47. The van der Waals surface area contributed by atoms with Crippen LogP contribution in [0.25, 0.3) is 0 Å². The van der Waals surface area contributed by atoms with Gasteiger partial charge < -0.3 is 15.9 Å². The molecule has 136 valence electrons. The zero-order chi connectivity index (χ0) is 18.3. The fourth-order valence-corrected chi connectivity index (χ4v) is 4.60. The molecular formula is C21H24N2O3. The fraction of sp³-hybridized carbons (Fsp3) is 0.381. The molecule has 1 spiro atoms. The summed E-state index contributed by atoms with van der Waals surface area (Å²) in [5.74, 6) is -0.901. The molecule has 2 aromatic rings. The van der Waals surface area contributed by atoms with Gasteiger partial charge in [0.25, 0.3) is 0 Å². The summed E-state index contributed by atoms with van der Waals surface area (Å²) in [6, 6.07) is 14.9. The Bertz CT molecular complexity index is 810. The highest BCUT2D eigenvalue weighted by atomic mass is 16.4. The van der Waals surface area contributed by atoms with Crippen LogP contribution < -0.4 is 5.73 Å². The summed E-state index contributed by atoms with van der Waals surface area (Å²) in [6.45, 7) is 2.57. The van der Waals surface area contributed by atoms with E-state index in [1.807, 2.05) is 30.3 Å². The van der Waals surface area contributed by atoms with Gasteiger partial charge in [0, 0.05) is 12.0 Å². The number of likely N-dealkylation sites (tertiary alicyclic amines) is 1. The molecule has 26 heavy (non-hydrogen) atoms. The topological polar surface area (TPSA) is 86.8 Å². The number of fused-ring (bicyclic) bond motifs is 2. The second-order valence-corrected chi connectivity index (χ2v) is 7.49. The predicted octanol–water partition coefficient (Wildman–Crippen LogP) is 2.29. The first-order valence-corrected chi connectivity index (χ1v) is 9.09. The van der Waals surface area contributed by atoms with E-state index < -0.39 is 12.1 Å². The Labute approximate surface area is 153 Å². The molecule has 4 N–H and O–H groups in total. The van der Waals surface area contributed by atoms with Gasteiger partial charge in [0.15, 0.2) is 0 Å². The van der Waals surface area contributed by atoms with E-state index in [0.29, 0.717) is 5.56 Å². The molecule has 1 heterocycles. The first-order chi connectivity index (χ1) is 12.5. The largest absolute Gasteiger partial charge is 0.478 e. The van der Waals surface area contributed by atoms with Crippen molar-refractivity contribution in [2.45, 2.75) is 36.9 Å². The highest BCUT2D eigenvalue weighted by Crippen LogP contribution is 2.50. The molecule has 5 nitrogen and oxygen atoms in total. The van der Waals surface area contributed by atoms with Crippen molar-refractivity contribution in [2.75, 3.05) is 13.1 Å². The maximum atomic E-state index is 11.0. The minimum atomic E-state index is -0.901. The van der Waals surface area contributed by atoms with E-state index in [1.165, 1.54) is 5.56 Å². The predicted molar refractivity (Wildman–Crippen MR) is 99.0 cm³/mol. The van der Waals surface area contributed by atoms with Crippen molar-refractivity contribution < 1.29 is 15.0 Å². The molecule has 0 radical (unpaired) electrons. The zero-order valence-electron chi connectivity index (χ0n) is 14.6. The Morgan fingerprint density at radius 3 is 2.42 bits per heavy atom. The van der Waals surface area contributed by atoms with Crippen LogP contribution in [0.3, 0.4) is 0 Å². The lowest BCUT2D eigenvalue weighted by molar-refractivity contribution is 0.0271. The molecule has 1 fully saturated rings. The number of benzene rings is 2. The van der Waals surface area contributed by atoms with Gasteiger partial charge in [0.05, 0.1) is 17.7 Å². The smallest absolute Gasteiger partial charge is 0.335 e. The first-order valence-electron chi connectivity index (χ1n) is 9.09. The third-order valence-corrected chi connectivity index (χ3v) is 6.12. The van der Waals surface area contributed by atoms with Gasteiger partial charge in [0.1, 0.15) is 0 Å². The van der Waals surface area contributed by atoms with E-state index in [9.17, 15) is 9.90 Å². The van der Waals surface area contributed by atoms with Gasteiger partial charge in [-0.25, -0.2) is 4.79 Å². The number of nitrogens with two attached hydrogens (primary N) is 1. The van der Waals surface area contributed by atoms with Crippen LogP contribution in [-0.4, -0.2) is 40.3 Å². The average Bonchev–Trinajstić information content (AvgIpc) is 2.87. The number of aliphatic hydroxyl groups is 1. The van der Waals surface area contributed by atoms with Crippen LogP contribution in [0.4, 0.5) is 0 Å². The molecule has 1 aliphatic heterocycles. The molecule has 0 unspecified atom stereocenters. The normalized spacial score (nSPS) is 24.5. The number of hydrogen-bond donors (Lipinski definition) is 3. The van der Waals surface area contributed by atoms with E-state index in [0.717, 1.165) is 43.6 Å². The summed E-state index contributed by atoms with van der Waals surface area (Å²) in [5.41, 5.74) is 9.76. The van der Waals surface area contributed by atoms with Crippen LogP contribution in [0.2, 0.25) is 0 Å². The highest BCUT2D eigenvalue weighted by Gasteiger charge is 2.51. The maximum absolute atomic E-state index is 11.0. The number of aromatic carboxylic acids is 1. The van der Waals surface area contributed by atoms with Crippen molar-refractivity contribution >= 4 is 5.97 Å². The van der Waals surface area contributed by atoms with Gasteiger partial charge in [-0.3, -0.25) is 4.90 Å². The molecule has 2 atom stereocenters. The van der Waals surface area contributed by atoms with Crippen LogP contribution in [-0.2, 0) is 12.0 Å². The second-order valence-electron chi connectivity index (χ2n) is 7.49. The minimum absolute atomic E-state index is 0.236. The van der Waals surface area contributed by atoms with Gasteiger partial charge in [-0.15, -0.1) is 0 Å². The lowest BCUT2D eigenvalue weighted by Gasteiger charge is -2.42. The summed E-state index contributed by atoms with van der Waals surface area (Å²) in [5, 5.41) is 19.9. The molecule has 0 bridgehead atoms. The molecular weight excluding hydrogens is 328 g/mol. The Morgan fingerprint density at radius 1 is 1.12 bits per heavy atom. The van der Waals surface area contributed by atoms with Gasteiger partial charge in [-0.1, -0.05) is 36.4 Å². The number of nitrogens with zero attached hydrogens (tertiary/aromatic N) is 1. The quantitative estimate of drug-likeness (QED) is 0.789. The van der Waals surface area contributed by atoms with Crippen molar-refractivity contribution in [2.24, 2.45) is 5.73 Å². The van der Waals surface area contributed by atoms with Crippen LogP contribution in [0, 0.1) is 0 Å². The van der Waals surface area contributed by atoms with E-state index in [4.69, 9.17) is 10.8 Å². The molecule has 0 aromatic heterocycles. The fourth-order valence-electron chi connectivity index (χ4n) is 4.60. The van der Waals surface area contributed by atoms with Crippen LogP contribution in [0.15, 0.2) is 48.5 Å². The van der Waals surface area contributed by atoms with Crippen LogP contribution >= 0.6 is 0 Å². The number of hydrogen-bond acceptors (Lipinski definition) is 4. The third kappa shape index (κ3) is 2.72. The number of carboxylic acid groups (broad SMARTS) is 1. The summed E-state index contributed by atoms with van der Waals surface area (Å²) in [6.07, 6.45) is 1.23. The number of carbonyl (C=O) groups is 1. The summed E-state index contributed by atoms with van der Waals surface area (Å²) in [7, 11) is 0. The second kappa shape index (κ2) is 6.50. The molecule has 1 saturated heterocycles. The maximum Gasteiger partial charge on any atom is 0.335 e. The Kier molecular flexibility index (Phi) is 4.31. The Hall–Kier alpha value is -2.21. The zero-order valence-corrected chi connectivity index (χ0v) is 14.6. The highest BCUT2D eigenvalue weighted by molar-refractivity contribution is 5.87. The standard InChI is InChI=1S/C21H24N2O3/c22-18-16-3-1-2-4-17(16)21(19(18)24)9-11-23(12-10-21)13-14-5-7-15(8-6-14)20(25)26/h1-8,18-19,24H,9-13,22H2,(H,25,26)/t18-,19+/m1/s1. The van der Waals surface area contributed by atoms with Crippen molar-refractivity contribution in [3.8, 4) is 0 Å². The van der Waals surface area contributed by atoms with E-state index in [2.05, 4.69) is 11.0 Å². The summed E-state index contributed by atoms with van der Waals surface area (Å²) in [4.78, 5) is 13.3. The van der Waals surface area contributed by atoms with Gasteiger partial charge >= 0.3 is 5.97 Å². The SMILES string of the molecule is N[C@@H]1c2ccccc2C2(CCN(Cc3ccc(C(=O)O)cc3)CC2)[C@H]1O. The lowest BCUT2D eigenvalue weighted by atomic mass is 9.72. The molecule has 5 heteroatoms. The monoisotopic (exact) mass is 352 g/mol. The van der Waals surface area contributed by atoms with Gasteiger partial charge in [-0.2, -0.15) is 0 Å². The van der Waals surface area contributed by atoms with Crippen molar-refractivity contribution in [3.05, 3.63) is 70.8 Å². The minimum Gasteiger partial charge on any atom is -0.478 e. The number of carboxylic acids is 1. The van der Waals surface area contributed by atoms with Gasteiger partial charge in [-0.05, 0) is 54.8 Å².